The number of carboxylic acid groups (broad SMARTS) is 1. The number of hydrogen-bond donors (Lipinski definition) is 1. The van der Waals surface area contributed by atoms with Gasteiger partial charge in [-0.15, -0.1) is 0 Å². The maximum atomic E-state index is 12.8. The number of aromatic carboxylic acids is 1. The van der Waals surface area contributed by atoms with Gasteiger partial charge in [-0.2, -0.15) is 8.42 Å². The van der Waals surface area contributed by atoms with Crippen molar-refractivity contribution in [3.8, 4) is 11.5 Å². The SMILES string of the molecule is CC1=CC(C)(C)N(C)c2cc3c(cc21)C(c1ccc(C(C)(C)C)cc1C(=O)[O-])=c1cc2c(cc1O3)=[N+](C)C(C)(C)C=C2CS(=O)(=O)O. The number of nitrogens with zero attached hydrogens (tertiary/aromatic N) is 2. The van der Waals surface area contributed by atoms with Gasteiger partial charge in [-0.1, -0.05) is 39.0 Å². The second-order valence-corrected chi connectivity index (χ2v) is 16.6. The van der Waals surface area contributed by atoms with Crippen LogP contribution in [-0.4, -0.2) is 49.9 Å². The quantitative estimate of drug-likeness (QED) is 0.255. The number of carbonyl (C=O) groups excluding carboxylic acids is 1. The van der Waals surface area contributed by atoms with Gasteiger partial charge in [0.25, 0.3) is 10.1 Å². The minimum Gasteiger partial charge on any atom is -0.545 e. The van der Waals surface area contributed by atoms with Crippen molar-refractivity contribution >= 4 is 38.5 Å². The second kappa shape index (κ2) is 10.4. The highest BCUT2D eigenvalue weighted by atomic mass is 32.2. The van der Waals surface area contributed by atoms with E-state index in [4.69, 9.17) is 4.74 Å². The molecule has 47 heavy (non-hydrogen) atoms. The molecule has 0 unspecified atom stereocenters. The average Bonchev–Trinajstić information content (AvgIpc) is 2.94. The molecule has 8 nitrogen and oxygen atoms in total. The zero-order valence-corrected chi connectivity index (χ0v) is 29.5. The van der Waals surface area contributed by atoms with Gasteiger partial charge in [0.05, 0.1) is 23.1 Å². The highest BCUT2D eigenvalue weighted by Gasteiger charge is 2.36. The van der Waals surface area contributed by atoms with Gasteiger partial charge in [0.1, 0.15) is 24.3 Å². The smallest absolute Gasteiger partial charge is 0.269 e. The Labute approximate surface area is 276 Å². The van der Waals surface area contributed by atoms with E-state index in [9.17, 15) is 22.9 Å². The molecule has 0 amide bonds. The minimum absolute atomic E-state index is 0.0548. The molecule has 3 aliphatic rings. The number of hydrogen-bond acceptors (Lipinski definition) is 6. The summed E-state index contributed by atoms with van der Waals surface area (Å²) in [5.74, 6) is -0.766. The van der Waals surface area contributed by atoms with Crippen molar-refractivity contribution in [2.75, 3.05) is 24.7 Å². The first-order valence-corrected chi connectivity index (χ1v) is 17.3. The van der Waals surface area contributed by atoms with E-state index in [2.05, 4.69) is 37.8 Å². The summed E-state index contributed by atoms with van der Waals surface area (Å²) in [5, 5.41) is 14.2. The van der Waals surface area contributed by atoms with E-state index in [0.29, 0.717) is 44.6 Å². The predicted octanol–water partition coefficient (Wildman–Crippen LogP) is 4.52. The molecule has 0 saturated heterocycles. The molecule has 9 heteroatoms. The summed E-state index contributed by atoms with van der Waals surface area (Å²) in [7, 11) is -0.386. The van der Waals surface area contributed by atoms with Crippen molar-refractivity contribution in [1.29, 1.82) is 0 Å². The number of rotatable bonds is 4. The third-order valence-electron chi connectivity index (χ3n) is 9.99. The van der Waals surface area contributed by atoms with Gasteiger partial charge in [-0.25, -0.2) is 4.58 Å². The van der Waals surface area contributed by atoms with E-state index < -0.39 is 27.4 Å². The van der Waals surface area contributed by atoms with Gasteiger partial charge < -0.3 is 19.5 Å². The summed E-state index contributed by atoms with van der Waals surface area (Å²) in [6.45, 7) is 16.4. The van der Waals surface area contributed by atoms with Crippen LogP contribution in [0.5, 0.6) is 11.5 Å². The molecule has 0 aliphatic carbocycles. The number of ether oxygens (including phenoxy) is 1. The third-order valence-corrected chi connectivity index (χ3v) is 10.7. The van der Waals surface area contributed by atoms with Crippen LogP contribution in [0, 0.1) is 0 Å². The molecule has 0 spiro atoms. The molecular weight excluding hydrogens is 612 g/mol. The number of carboxylic acids is 1. The lowest BCUT2D eigenvalue weighted by Gasteiger charge is -2.41. The number of benzene rings is 3. The van der Waals surface area contributed by atoms with E-state index in [0.717, 1.165) is 27.7 Å². The molecule has 0 bridgehead atoms. The van der Waals surface area contributed by atoms with Crippen LogP contribution in [0.15, 0.2) is 54.6 Å². The molecule has 3 aromatic rings. The fourth-order valence-corrected chi connectivity index (χ4v) is 7.65. The highest BCUT2D eigenvalue weighted by molar-refractivity contribution is 7.86. The average molecular weight is 655 g/mol. The van der Waals surface area contributed by atoms with Gasteiger partial charge >= 0.3 is 0 Å². The minimum atomic E-state index is -4.36. The number of allylic oxidation sites excluding steroid dienone is 1. The normalized spacial score (nSPS) is 17.9. The molecule has 1 N–H and O–H groups in total. The van der Waals surface area contributed by atoms with E-state index >= 15 is 0 Å². The molecule has 3 aromatic carbocycles. The fraction of sp³-hybridized carbons (Fsp3) is 0.368. The fourth-order valence-electron chi connectivity index (χ4n) is 7.02. The van der Waals surface area contributed by atoms with E-state index in [-0.39, 0.29) is 16.5 Å². The first kappa shape index (κ1) is 32.7. The summed E-state index contributed by atoms with van der Waals surface area (Å²) in [6, 6.07) is 13.3. The largest absolute Gasteiger partial charge is 0.545 e. The van der Waals surface area contributed by atoms with Crippen LogP contribution >= 0.6 is 0 Å². The van der Waals surface area contributed by atoms with Crippen LogP contribution < -0.4 is 29.9 Å². The Kier molecular flexibility index (Phi) is 7.24. The Morgan fingerprint density at radius 2 is 1.64 bits per heavy atom. The van der Waals surface area contributed by atoms with Crippen molar-refractivity contribution in [3.63, 3.8) is 0 Å². The second-order valence-electron chi connectivity index (χ2n) is 15.2. The van der Waals surface area contributed by atoms with E-state index in [1.807, 2.05) is 89.7 Å². The Morgan fingerprint density at radius 3 is 2.26 bits per heavy atom. The van der Waals surface area contributed by atoms with Crippen molar-refractivity contribution in [1.82, 2.24) is 4.58 Å². The zero-order chi connectivity index (χ0) is 34.6. The molecular formula is C38H42N2O6S. The highest BCUT2D eigenvalue weighted by Crippen LogP contribution is 2.46. The summed E-state index contributed by atoms with van der Waals surface area (Å²) in [5.41, 5.74) is 5.79. The first-order chi connectivity index (χ1) is 21.6. The van der Waals surface area contributed by atoms with Crippen LogP contribution in [0.1, 0.15) is 93.6 Å². The molecule has 0 radical (unpaired) electrons. The molecule has 6 rings (SSSR count). The maximum Gasteiger partial charge on any atom is 0.269 e. The van der Waals surface area contributed by atoms with Crippen molar-refractivity contribution in [2.24, 2.45) is 0 Å². The van der Waals surface area contributed by atoms with Crippen molar-refractivity contribution in [2.45, 2.75) is 71.9 Å². The van der Waals surface area contributed by atoms with Crippen LogP contribution in [0.25, 0.3) is 16.7 Å². The summed E-state index contributed by atoms with van der Waals surface area (Å²) < 4.78 is 43.1. The van der Waals surface area contributed by atoms with Gasteiger partial charge in [-0.05, 0) is 72.7 Å². The third kappa shape index (κ3) is 5.49. The number of anilines is 1. The van der Waals surface area contributed by atoms with Gasteiger partial charge in [0.15, 0.2) is 5.54 Å². The summed E-state index contributed by atoms with van der Waals surface area (Å²) in [4.78, 5) is 15.0. The van der Waals surface area contributed by atoms with E-state index in [1.165, 1.54) is 0 Å². The van der Waals surface area contributed by atoms with Crippen LogP contribution in [0.4, 0.5) is 5.69 Å². The van der Waals surface area contributed by atoms with Gasteiger partial charge in [0, 0.05) is 60.1 Å². The molecule has 0 aromatic heterocycles. The van der Waals surface area contributed by atoms with Crippen LogP contribution in [-0.2, 0) is 15.5 Å². The molecule has 0 fully saturated rings. The topological polar surface area (TPSA) is 110 Å². The van der Waals surface area contributed by atoms with Gasteiger partial charge in [0.2, 0.25) is 5.36 Å². The number of likely N-dealkylation sites (N-methyl/N-ethyl adjacent to an activating group) is 2. The van der Waals surface area contributed by atoms with Crippen LogP contribution in [0.2, 0.25) is 0 Å². The van der Waals surface area contributed by atoms with Crippen molar-refractivity contribution in [3.05, 3.63) is 98.6 Å². The monoisotopic (exact) mass is 654 g/mol. The molecule has 246 valence electrons. The number of fused-ring (bicyclic) bond motifs is 4. The summed E-state index contributed by atoms with van der Waals surface area (Å²) in [6.07, 6.45) is 4.06. The molecule has 0 saturated carbocycles. The predicted molar refractivity (Wildman–Crippen MR) is 185 cm³/mol. The Bertz CT molecular complexity index is 2220. The lowest BCUT2D eigenvalue weighted by atomic mass is 9.81. The Balaban J connectivity index is 1.78. The molecule has 3 heterocycles. The lowest BCUT2D eigenvalue weighted by Crippen LogP contribution is -2.47. The van der Waals surface area contributed by atoms with Gasteiger partial charge in [-0.3, -0.25) is 4.55 Å². The number of carbonyl (C=O) groups is 1. The molecule has 0 atom stereocenters. The Hall–Kier alpha value is -4.21. The standard InChI is InChI=1S/C38H42N2O6S/c1-21-18-37(5,6)39(9)30-16-32-28(14-25(21)30)34(24-12-11-23(36(2,3)4)13-27(24)35(41)42)29-15-26-22(20-47(43,44)45)19-38(7,8)40(10)31(26)17-33(29)46-32/h11-19H,20H2,1-10H3,(H-,41,42,43,44,45). The van der Waals surface area contributed by atoms with Crippen molar-refractivity contribution < 1.29 is 27.6 Å². The first-order valence-electron chi connectivity index (χ1n) is 15.7. The Morgan fingerprint density at radius 1 is 0.957 bits per heavy atom. The zero-order valence-electron chi connectivity index (χ0n) is 28.7. The van der Waals surface area contributed by atoms with E-state index in [1.54, 1.807) is 6.07 Å². The lowest BCUT2D eigenvalue weighted by molar-refractivity contribution is -0.255. The maximum absolute atomic E-state index is 12.8. The summed E-state index contributed by atoms with van der Waals surface area (Å²) >= 11 is 0. The molecule has 3 aliphatic heterocycles. The van der Waals surface area contributed by atoms with Crippen LogP contribution in [0.3, 0.4) is 0 Å².